The molecule has 0 saturated heterocycles. The highest BCUT2D eigenvalue weighted by atomic mass is 16.7. The summed E-state index contributed by atoms with van der Waals surface area (Å²) in [4.78, 5) is 10.0. The van der Waals surface area contributed by atoms with E-state index < -0.39 is 5.79 Å². The molecule has 144 valence electrons. The monoisotopic (exact) mass is 334 g/mol. The fourth-order valence-corrected chi connectivity index (χ4v) is 1.06. The number of rotatable bonds is 3. The summed E-state index contributed by atoms with van der Waals surface area (Å²) >= 11 is 0. The van der Waals surface area contributed by atoms with E-state index in [0.29, 0.717) is 6.29 Å². The molecule has 0 aromatic carbocycles. The first-order valence-electron chi connectivity index (χ1n) is 9.21. The second-order valence-electron chi connectivity index (χ2n) is 6.77. The molecular weight excluding hydrogens is 288 g/mol. The van der Waals surface area contributed by atoms with E-state index in [1.54, 1.807) is 6.92 Å². The minimum atomic E-state index is -1.06. The van der Waals surface area contributed by atoms with Gasteiger partial charge in [-0.1, -0.05) is 87.5 Å². The van der Waals surface area contributed by atoms with Crippen LogP contribution in [-0.4, -0.2) is 26.3 Å². The van der Waals surface area contributed by atoms with Gasteiger partial charge in [-0.05, 0) is 18.8 Å². The van der Waals surface area contributed by atoms with E-state index in [9.17, 15) is 4.79 Å². The molecule has 0 aromatic heterocycles. The van der Waals surface area contributed by atoms with Crippen molar-refractivity contribution in [3.63, 3.8) is 0 Å². The summed E-state index contributed by atoms with van der Waals surface area (Å²) in [5.74, 6) is 0.611. The van der Waals surface area contributed by atoms with Crippen molar-refractivity contribution in [2.24, 2.45) is 11.8 Å². The van der Waals surface area contributed by atoms with Crippen LogP contribution < -0.4 is 0 Å². The van der Waals surface area contributed by atoms with Gasteiger partial charge in [-0.3, -0.25) is 4.79 Å². The highest BCUT2D eigenvalue weighted by Crippen LogP contribution is 2.15. The summed E-state index contributed by atoms with van der Waals surface area (Å²) in [7, 11) is 2.83. The van der Waals surface area contributed by atoms with E-state index in [1.165, 1.54) is 46.3 Å². The third kappa shape index (κ3) is 44.9. The lowest BCUT2D eigenvalue weighted by atomic mass is 10.3. The van der Waals surface area contributed by atoms with Gasteiger partial charge in [-0.2, -0.15) is 0 Å². The number of ether oxygens (including phenoxy) is 2. The first-order chi connectivity index (χ1) is 10.6. The van der Waals surface area contributed by atoms with Crippen LogP contribution in [0.25, 0.3) is 0 Å². The predicted octanol–water partition coefficient (Wildman–Crippen LogP) is 6.50. The zero-order chi connectivity index (χ0) is 19.3. The Balaban J connectivity index is -0.000000105. The average molecular weight is 335 g/mol. The van der Waals surface area contributed by atoms with Crippen LogP contribution in [0.5, 0.6) is 0 Å². The molecule has 23 heavy (non-hydrogen) atoms. The van der Waals surface area contributed by atoms with Crippen LogP contribution in [0.3, 0.4) is 0 Å². The van der Waals surface area contributed by atoms with Crippen molar-refractivity contribution in [1.29, 1.82) is 0 Å². The lowest BCUT2D eigenvalue weighted by Gasteiger charge is -2.17. The van der Waals surface area contributed by atoms with Gasteiger partial charge in [0.05, 0.1) is 0 Å². The molecule has 0 aromatic rings. The Hall–Kier alpha value is -0.410. The molecule has 0 atom stereocenters. The molecule has 0 spiro atoms. The van der Waals surface area contributed by atoms with Crippen molar-refractivity contribution in [3.05, 3.63) is 0 Å². The van der Waals surface area contributed by atoms with Gasteiger partial charge in [0.25, 0.3) is 0 Å². The SMILES string of the molecule is C1CCCC1.CC.CC(C)C.CC(C)C.COC(C)(C=O)OC. The molecule has 0 bridgehead atoms. The standard InChI is InChI=1S/C5H10O3.C5H10.2C4H10.C2H6/c1-5(4-6,7-2)8-3;1-2-4-5-3-1;2*1-4(2)3;1-2/h4H,1-3H3;1-5H2;2*4H,1-3H3;1-2H3. The molecule has 1 aliphatic rings. The van der Waals surface area contributed by atoms with Gasteiger partial charge in [0, 0.05) is 14.2 Å². The second-order valence-corrected chi connectivity index (χ2v) is 6.77. The Morgan fingerprint density at radius 3 is 0.957 bits per heavy atom. The molecule has 1 rings (SSSR count). The van der Waals surface area contributed by atoms with E-state index in [4.69, 9.17) is 0 Å². The maximum Gasteiger partial charge on any atom is 0.222 e. The van der Waals surface area contributed by atoms with E-state index in [-0.39, 0.29) is 0 Å². The normalized spacial score (nSPS) is 12.6. The molecular formula is C20H46O3. The zero-order valence-corrected chi connectivity index (χ0v) is 18.0. The van der Waals surface area contributed by atoms with Crippen LogP contribution in [-0.2, 0) is 14.3 Å². The van der Waals surface area contributed by atoms with Gasteiger partial charge in [0.15, 0.2) is 6.29 Å². The zero-order valence-electron chi connectivity index (χ0n) is 18.0. The minimum absolute atomic E-state index is 0.604. The van der Waals surface area contributed by atoms with Gasteiger partial charge in [-0.15, -0.1) is 0 Å². The van der Waals surface area contributed by atoms with Crippen LogP contribution in [0.15, 0.2) is 0 Å². The number of methoxy groups -OCH3 is 2. The van der Waals surface area contributed by atoms with Gasteiger partial charge >= 0.3 is 0 Å². The number of hydrogen-bond donors (Lipinski definition) is 0. The maximum absolute atomic E-state index is 10.0. The fraction of sp³-hybridized carbons (Fsp3) is 0.950. The van der Waals surface area contributed by atoms with Crippen LogP contribution in [0.2, 0.25) is 0 Å². The molecule has 3 heteroatoms. The van der Waals surface area contributed by atoms with Crippen LogP contribution in [0, 0.1) is 11.8 Å². The molecule has 3 nitrogen and oxygen atoms in total. The van der Waals surface area contributed by atoms with Crippen molar-refractivity contribution in [2.45, 2.75) is 100 Å². The fourth-order valence-electron chi connectivity index (χ4n) is 1.06. The molecule has 1 fully saturated rings. The Morgan fingerprint density at radius 1 is 0.739 bits per heavy atom. The highest BCUT2D eigenvalue weighted by Gasteiger charge is 2.20. The Morgan fingerprint density at radius 2 is 0.913 bits per heavy atom. The van der Waals surface area contributed by atoms with Crippen molar-refractivity contribution in [1.82, 2.24) is 0 Å². The van der Waals surface area contributed by atoms with E-state index in [0.717, 1.165) is 11.8 Å². The van der Waals surface area contributed by atoms with Crippen molar-refractivity contribution in [2.75, 3.05) is 14.2 Å². The molecule has 0 aliphatic heterocycles. The minimum Gasteiger partial charge on any atom is -0.347 e. The first-order valence-corrected chi connectivity index (χ1v) is 9.21. The summed E-state index contributed by atoms with van der Waals surface area (Å²) < 4.78 is 9.29. The van der Waals surface area contributed by atoms with E-state index >= 15 is 0 Å². The molecule has 1 aliphatic carbocycles. The summed E-state index contributed by atoms with van der Waals surface area (Å²) in [6.45, 7) is 18.5. The molecule has 1 saturated carbocycles. The van der Waals surface area contributed by atoms with Gasteiger partial charge in [0.1, 0.15) is 0 Å². The highest BCUT2D eigenvalue weighted by molar-refractivity contribution is 5.59. The summed E-state index contributed by atoms with van der Waals surface area (Å²) in [5, 5.41) is 0. The number of aldehydes is 1. The van der Waals surface area contributed by atoms with Crippen molar-refractivity contribution >= 4 is 6.29 Å². The van der Waals surface area contributed by atoms with Crippen LogP contribution in [0.1, 0.15) is 94.4 Å². The maximum atomic E-state index is 10.0. The van der Waals surface area contributed by atoms with Crippen molar-refractivity contribution < 1.29 is 14.3 Å². The molecule has 0 radical (unpaired) electrons. The molecule has 0 N–H and O–H groups in total. The third-order valence-electron chi connectivity index (χ3n) is 2.27. The second kappa shape index (κ2) is 23.9. The molecule has 0 amide bonds. The van der Waals surface area contributed by atoms with Crippen LogP contribution >= 0.6 is 0 Å². The Kier molecular flexibility index (Phi) is 31.6. The first kappa shape index (κ1) is 30.5. The van der Waals surface area contributed by atoms with E-state index in [1.807, 2.05) is 13.8 Å². The number of hydrogen-bond acceptors (Lipinski definition) is 3. The summed E-state index contributed by atoms with van der Waals surface area (Å²) in [5.41, 5.74) is 0. The number of carbonyl (C=O) groups excluding carboxylic acids is 1. The Labute approximate surface area is 147 Å². The lowest BCUT2D eigenvalue weighted by molar-refractivity contribution is -0.186. The summed E-state index contributed by atoms with van der Waals surface area (Å²) in [6, 6.07) is 0. The smallest absolute Gasteiger partial charge is 0.222 e. The quantitative estimate of drug-likeness (QED) is 0.437. The topological polar surface area (TPSA) is 35.5 Å². The molecule has 0 unspecified atom stereocenters. The largest absolute Gasteiger partial charge is 0.347 e. The average Bonchev–Trinajstić information content (AvgIpc) is 3.07. The van der Waals surface area contributed by atoms with Gasteiger partial charge < -0.3 is 9.47 Å². The van der Waals surface area contributed by atoms with Gasteiger partial charge in [0.2, 0.25) is 5.79 Å². The predicted molar refractivity (Wildman–Crippen MR) is 104 cm³/mol. The Bertz CT molecular complexity index is 174. The number of carbonyl (C=O) groups is 1. The van der Waals surface area contributed by atoms with Crippen molar-refractivity contribution in [3.8, 4) is 0 Å². The van der Waals surface area contributed by atoms with Gasteiger partial charge in [-0.25, -0.2) is 0 Å². The lowest BCUT2D eigenvalue weighted by Crippen LogP contribution is -2.30. The van der Waals surface area contributed by atoms with Crippen LogP contribution in [0.4, 0.5) is 0 Å². The summed E-state index contributed by atoms with van der Waals surface area (Å²) in [6.07, 6.45) is 8.10. The molecule has 0 heterocycles. The third-order valence-corrected chi connectivity index (χ3v) is 2.27. The van der Waals surface area contributed by atoms with E-state index in [2.05, 4.69) is 51.0 Å².